The molecule has 1 unspecified atom stereocenters. The average Bonchev–Trinajstić information content (AvgIpc) is 2.68. The lowest BCUT2D eigenvalue weighted by molar-refractivity contribution is -0.384. The molecule has 1 heterocycles. The van der Waals surface area contributed by atoms with Crippen LogP contribution in [-0.2, 0) is 4.79 Å². The number of rotatable bonds is 5. The van der Waals surface area contributed by atoms with Crippen LogP contribution in [0.25, 0.3) is 0 Å². The van der Waals surface area contributed by atoms with Gasteiger partial charge in [-0.25, -0.2) is 0 Å². The van der Waals surface area contributed by atoms with E-state index in [0.717, 1.165) is 11.3 Å². The molecule has 2 N–H and O–H groups in total. The van der Waals surface area contributed by atoms with E-state index in [-0.39, 0.29) is 24.1 Å². The van der Waals surface area contributed by atoms with E-state index in [2.05, 4.69) is 4.90 Å². The molecule has 1 aliphatic rings. The lowest BCUT2D eigenvalue weighted by Crippen LogP contribution is -2.49. The van der Waals surface area contributed by atoms with Crippen LogP contribution >= 0.6 is 0 Å². The fourth-order valence-electron chi connectivity index (χ4n) is 3.15. The molecule has 7 heteroatoms. The molecule has 1 fully saturated rings. The minimum absolute atomic E-state index is 0.0417. The van der Waals surface area contributed by atoms with Crippen LogP contribution in [0.4, 0.5) is 11.4 Å². The Labute approximate surface area is 152 Å². The lowest BCUT2D eigenvalue weighted by atomic mass is 10.0. The zero-order valence-corrected chi connectivity index (χ0v) is 14.5. The first-order valence-electron chi connectivity index (χ1n) is 8.62. The van der Waals surface area contributed by atoms with Gasteiger partial charge in [-0.3, -0.25) is 14.9 Å². The van der Waals surface area contributed by atoms with Gasteiger partial charge in [-0.1, -0.05) is 36.4 Å². The number of hydrogen-bond donors (Lipinski definition) is 1. The third-order valence-corrected chi connectivity index (χ3v) is 4.66. The van der Waals surface area contributed by atoms with Crippen molar-refractivity contribution < 1.29 is 9.72 Å². The van der Waals surface area contributed by atoms with Gasteiger partial charge in [0.1, 0.15) is 0 Å². The van der Waals surface area contributed by atoms with Crippen molar-refractivity contribution in [1.29, 1.82) is 0 Å². The summed E-state index contributed by atoms with van der Waals surface area (Å²) in [6.45, 7) is 2.47. The third kappa shape index (κ3) is 4.18. The van der Waals surface area contributed by atoms with Crippen LogP contribution in [0.3, 0.4) is 0 Å². The van der Waals surface area contributed by atoms with E-state index >= 15 is 0 Å². The van der Waals surface area contributed by atoms with Gasteiger partial charge in [0.15, 0.2) is 0 Å². The molecule has 0 aliphatic carbocycles. The monoisotopic (exact) mass is 354 g/mol. The summed E-state index contributed by atoms with van der Waals surface area (Å²) in [6.07, 6.45) is 0.279. The molecular weight excluding hydrogens is 332 g/mol. The zero-order valence-electron chi connectivity index (χ0n) is 14.5. The Morgan fingerprint density at radius 1 is 1.08 bits per heavy atom. The van der Waals surface area contributed by atoms with E-state index in [4.69, 9.17) is 5.73 Å². The molecule has 7 nitrogen and oxygen atoms in total. The predicted octanol–water partition coefficient (Wildman–Crippen LogP) is 2.33. The number of anilines is 1. The third-order valence-electron chi connectivity index (χ3n) is 4.66. The molecule has 0 aromatic heterocycles. The van der Waals surface area contributed by atoms with Crippen LogP contribution in [0.1, 0.15) is 18.0 Å². The van der Waals surface area contributed by atoms with Crippen LogP contribution in [0.5, 0.6) is 0 Å². The number of non-ortho nitro benzene ring substituents is 1. The van der Waals surface area contributed by atoms with Gasteiger partial charge in [0.2, 0.25) is 5.91 Å². The molecule has 1 aliphatic heterocycles. The molecule has 1 amide bonds. The van der Waals surface area contributed by atoms with Crippen molar-refractivity contribution in [3.8, 4) is 0 Å². The number of carbonyl (C=O) groups excluding carboxylic acids is 1. The van der Waals surface area contributed by atoms with Crippen molar-refractivity contribution in [2.45, 2.75) is 12.5 Å². The van der Waals surface area contributed by atoms with Crippen molar-refractivity contribution in [3.63, 3.8) is 0 Å². The highest BCUT2D eigenvalue weighted by atomic mass is 16.6. The van der Waals surface area contributed by atoms with E-state index < -0.39 is 4.92 Å². The van der Waals surface area contributed by atoms with Crippen molar-refractivity contribution in [2.24, 2.45) is 5.73 Å². The highest BCUT2D eigenvalue weighted by Crippen LogP contribution is 2.23. The number of nitrogens with two attached hydrogens (primary N) is 1. The maximum absolute atomic E-state index is 12.5. The van der Waals surface area contributed by atoms with Crippen molar-refractivity contribution in [2.75, 3.05) is 31.1 Å². The Balaban J connectivity index is 1.55. The minimum atomic E-state index is -0.395. The number of nitro groups is 1. The van der Waals surface area contributed by atoms with Gasteiger partial charge < -0.3 is 15.5 Å². The SMILES string of the molecule is NC(CC(=O)N1CCN(c2cccc([N+](=O)[O-])c2)CC1)c1ccccc1. The molecule has 1 atom stereocenters. The lowest BCUT2D eigenvalue weighted by Gasteiger charge is -2.36. The maximum Gasteiger partial charge on any atom is 0.271 e. The second-order valence-electron chi connectivity index (χ2n) is 6.37. The van der Waals surface area contributed by atoms with Crippen molar-refractivity contribution >= 4 is 17.3 Å². The predicted molar refractivity (Wildman–Crippen MR) is 99.9 cm³/mol. The Hall–Kier alpha value is -2.93. The van der Waals surface area contributed by atoms with Gasteiger partial charge >= 0.3 is 0 Å². The average molecular weight is 354 g/mol. The number of carbonyl (C=O) groups is 1. The second-order valence-corrected chi connectivity index (χ2v) is 6.37. The van der Waals surface area contributed by atoms with Crippen LogP contribution in [0, 0.1) is 10.1 Å². The number of amides is 1. The number of piperazine rings is 1. The van der Waals surface area contributed by atoms with Gasteiger partial charge in [0, 0.05) is 56.5 Å². The first-order valence-corrected chi connectivity index (χ1v) is 8.62. The Morgan fingerprint density at radius 2 is 1.77 bits per heavy atom. The summed E-state index contributed by atoms with van der Waals surface area (Å²) < 4.78 is 0. The summed E-state index contributed by atoms with van der Waals surface area (Å²) in [7, 11) is 0. The first kappa shape index (κ1) is 17.9. The Morgan fingerprint density at radius 3 is 2.42 bits per heavy atom. The van der Waals surface area contributed by atoms with Gasteiger partial charge in [0.05, 0.1) is 4.92 Å². The molecule has 1 saturated heterocycles. The summed E-state index contributed by atoms with van der Waals surface area (Å²) in [5, 5.41) is 10.9. The van der Waals surface area contributed by atoms with E-state index in [1.165, 1.54) is 6.07 Å². The quantitative estimate of drug-likeness (QED) is 0.657. The largest absolute Gasteiger partial charge is 0.368 e. The van der Waals surface area contributed by atoms with Gasteiger partial charge in [-0.15, -0.1) is 0 Å². The number of benzene rings is 2. The van der Waals surface area contributed by atoms with Crippen LogP contribution < -0.4 is 10.6 Å². The molecule has 26 heavy (non-hydrogen) atoms. The standard InChI is InChI=1S/C19H22N4O3/c20-18(15-5-2-1-3-6-15)14-19(24)22-11-9-21(10-12-22)16-7-4-8-17(13-16)23(25)26/h1-8,13,18H,9-12,14,20H2. The molecule has 2 aromatic rings. The number of nitrogens with zero attached hydrogens (tertiary/aromatic N) is 3. The molecule has 3 rings (SSSR count). The molecule has 2 aromatic carbocycles. The molecule has 0 spiro atoms. The zero-order chi connectivity index (χ0) is 18.5. The number of nitro benzene ring substituents is 1. The maximum atomic E-state index is 12.5. The molecule has 0 saturated carbocycles. The normalized spacial score (nSPS) is 15.6. The summed E-state index contributed by atoms with van der Waals surface area (Å²) in [5.74, 6) is 0.0417. The Bertz CT molecular complexity index is 773. The molecule has 0 radical (unpaired) electrons. The smallest absolute Gasteiger partial charge is 0.271 e. The fourth-order valence-corrected chi connectivity index (χ4v) is 3.15. The van der Waals surface area contributed by atoms with E-state index in [1.54, 1.807) is 12.1 Å². The van der Waals surface area contributed by atoms with Crippen molar-refractivity contribution in [3.05, 3.63) is 70.3 Å². The van der Waals surface area contributed by atoms with Gasteiger partial charge in [-0.05, 0) is 11.6 Å². The van der Waals surface area contributed by atoms with Crippen LogP contribution in [0.15, 0.2) is 54.6 Å². The summed E-state index contributed by atoms with van der Waals surface area (Å²) in [6, 6.07) is 15.9. The Kier molecular flexibility index (Phi) is 5.48. The van der Waals surface area contributed by atoms with Crippen LogP contribution in [0.2, 0.25) is 0 Å². The van der Waals surface area contributed by atoms with E-state index in [0.29, 0.717) is 26.2 Å². The van der Waals surface area contributed by atoms with Crippen molar-refractivity contribution in [1.82, 2.24) is 4.90 Å². The topological polar surface area (TPSA) is 92.7 Å². The van der Waals surface area contributed by atoms with Gasteiger partial charge in [0.25, 0.3) is 5.69 Å². The fraction of sp³-hybridized carbons (Fsp3) is 0.316. The highest BCUT2D eigenvalue weighted by Gasteiger charge is 2.23. The summed E-state index contributed by atoms with van der Waals surface area (Å²) in [5.41, 5.74) is 7.99. The second kappa shape index (κ2) is 7.97. The van der Waals surface area contributed by atoms with E-state index in [1.807, 2.05) is 41.3 Å². The van der Waals surface area contributed by atoms with Crippen LogP contribution in [-0.4, -0.2) is 41.9 Å². The number of hydrogen-bond acceptors (Lipinski definition) is 5. The summed E-state index contributed by atoms with van der Waals surface area (Å²) >= 11 is 0. The molecule has 136 valence electrons. The molecule has 0 bridgehead atoms. The summed E-state index contributed by atoms with van der Waals surface area (Å²) in [4.78, 5) is 26.9. The highest BCUT2D eigenvalue weighted by molar-refractivity contribution is 5.77. The van der Waals surface area contributed by atoms with E-state index in [9.17, 15) is 14.9 Å². The minimum Gasteiger partial charge on any atom is -0.368 e. The molecular formula is C19H22N4O3. The first-order chi connectivity index (χ1) is 12.5. The van der Waals surface area contributed by atoms with Gasteiger partial charge in [-0.2, -0.15) is 0 Å².